The minimum Gasteiger partial charge on any atom is -0.497 e. The Morgan fingerprint density at radius 2 is 1.39 bits per heavy atom. The molecule has 4 heteroatoms. The molecular weight excluding hydrogens is 228 g/mol. The Balaban J connectivity index is 2.05. The molecule has 0 aliphatic carbocycles. The first-order valence-electron chi connectivity index (χ1n) is 5.53. The third kappa shape index (κ3) is 3.01. The average Bonchev–Trinajstić information content (AvgIpc) is 2.42. The second-order valence-electron chi connectivity index (χ2n) is 3.69. The Hall–Kier alpha value is -2.49. The molecule has 92 valence electrons. The van der Waals surface area contributed by atoms with E-state index in [4.69, 9.17) is 4.74 Å². The summed E-state index contributed by atoms with van der Waals surface area (Å²) in [7, 11) is 1.64. The van der Waals surface area contributed by atoms with E-state index in [2.05, 4.69) is 10.6 Å². The number of nitrogens with one attached hydrogen (secondary N) is 2. The minimum absolute atomic E-state index is 0.659. The van der Waals surface area contributed by atoms with E-state index < -0.39 is 0 Å². The fourth-order valence-electron chi connectivity index (χ4n) is 1.56. The van der Waals surface area contributed by atoms with Crippen LogP contribution in [0.3, 0.4) is 0 Å². The van der Waals surface area contributed by atoms with E-state index in [1.54, 1.807) is 7.11 Å². The molecule has 0 saturated heterocycles. The van der Waals surface area contributed by atoms with Crippen molar-refractivity contribution in [3.63, 3.8) is 0 Å². The molecule has 0 aromatic heterocycles. The number of methoxy groups -OCH3 is 1. The zero-order valence-corrected chi connectivity index (χ0v) is 10.0. The van der Waals surface area contributed by atoms with Crippen molar-refractivity contribution in [2.75, 3.05) is 17.7 Å². The summed E-state index contributed by atoms with van der Waals surface area (Å²) < 4.78 is 5.09. The Labute approximate surface area is 106 Å². The van der Waals surface area contributed by atoms with Crippen LogP contribution in [-0.4, -0.2) is 13.5 Å². The molecule has 0 aliphatic heterocycles. The van der Waals surface area contributed by atoms with Gasteiger partial charge in [0.25, 0.3) is 0 Å². The topological polar surface area (TPSA) is 50.4 Å². The Morgan fingerprint density at radius 3 is 1.89 bits per heavy atom. The largest absolute Gasteiger partial charge is 0.497 e. The molecule has 1 amide bonds. The molecule has 2 rings (SSSR count). The van der Waals surface area contributed by atoms with Gasteiger partial charge in [-0.15, -0.1) is 0 Å². The highest BCUT2D eigenvalue weighted by Gasteiger charge is 1.96. The van der Waals surface area contributed by atoms with E-state index in [1.165, 1.54) is 0 Å². The second kappa shape index (κ2) is 5.72. The summed E-state index contributed by atoms with van der Waals surface area (Å²) in [5, 5.41) is 5.84. The maximum Gasteiger partial charge on any atom is 0.211 e. The number of carbonyl (C=O) groups excluding carboxylic acids is 1. The van der Waals surface area contributed by atoms with Gasteiger partial charge in [0.1, 0.15) is 5.75 Å². The lowest BCUT2D eigenvalue weighted by molar-refractivity contribution is -0.105. The van der Waals surface area contributed by atoms with Crippen molar-refractivity contribution >= 4 is 23.5 Å². The van der Waals surface area contributed by atoms with Crippen molar-refractivity contribution in [1.29, 1.82) is 0 Å². The van der Waals surface area contributed by atoms with Crippen LogP contribution in [-0.2, 0) is 4.79 Å². The predicted molar refractivity (Wildman–Crippen MR) is 72.4 cm³/mol. The van der Waals surface area contributed by atoms with Gasteiger partial charge in [0.2, 0.25) is 6.41 Å². The maximum absolute atomic E-state index is 10.3. The molecular formula is C14H14N2O2. The lowest BCUT2D eigenvalue weighted by Crippen LogP contribution is -1.94. The van der Waals surface area contributed by atoms with Crippen LogP contribution >= 0.6 is 0 Å². The van der Waals surface area contributed by atoms with E-state index in [9.17, 15) is 4.79 Å². The van der Waals surface area contributed by atoms with Crippen molar-refractivity contribution in [2.24, 2.45) is 0 Å². The van der Waals surface area contributed by atoms with Crippen molar-refractivity contribution in [3.05, 3.63) is 48.5 Å². The summed E-state index contributed by atoms with van der Waals surface area (Å²) in [6, 6.07) is 15.1. The molecule has 0 spiro atoms. The summed E-state index contributed by atoms with van der Waals surface area (Å²) in [4.78, 5) is 10.3. The molecule has 0 unspecified atom stereocenters. The molecule has 4 nitrogen and oxygen atoms in total. The molecule has 2 N–H and O–H groups in total. The fraction of sp³-hybridized carbons (Fsp3) is 0.0714. The van der Waals surface area contributed by atoms with Crippen LogP contribution in [0.4, 0.5) is 17.1 Å². The normalized spacial score (nSPS) is 9.61. The number of hydrogen-bond donors (Lipinski definition) is 2. The number of carbonyl (C=O) groups is 1. The SMILES string of the molecule is COc1ccc(Nc2ccc(NC=O)cc2)cc1. The molecule has 0 saturated carbocycles. The van der Waals surface area contributed by atoms with Crippen LogP contribution < -0.4 is 15.4 Å². The zero-order valence-electron chi connectivity index (χ0n) is 10.0. The van der Waals surface area contributed by atoms with E-state index in [-0.39, 0.29) is 0 Å². The van der Waals surface area contributed by atoms with Crippen LogP contribution in [0.25, 0.3) is 0 Å². The molecule has 18 heavy (non-hydrogen) atoms. The van der Waals surface area contributed by atoms with E-state index in [0.29, 0.717) is 6.41 Å². The molecule has 0 fully saturated rings. The molecule has 0 aliphatic rings. The van der Waals surface area contributed by atoms with Crippen molar-refractivity contribution in [3.8, 4) is 5.75 Å². The highest BCUT2D eigenvalue weighted by molar-refractivity contribution is 5.72. The van der Waals surface area contributed by atoms with Gasteiger partial charge in [0, 0.05) is 17.1 Å². The number of amides is 1. The van der Waals surface area contributed by atoms with Gasteiger partial charge < -0.3 is 15.4 Å². The van der Waals surface area contributed by atoms with E-state index in [1.807, 2.05) is 48.5 Å². The summed E-state index contributed by atoms with van der Waals surface area (Å²) in [6.45, 7) is 0. The first kappa shape index (κ1) is 12.0. The molecule has 0 bridgehead atoms. The molecule has 2 aromatic rings. The van der Waals surface area contributed by atoms with Crippen LogP contribution in [0.15, 0.2) is 48.5 Å². The smallest absolute Gasteiger partial charge is 0.211 e. The van der Waals surface area contributed by atoms with Crippen LogP contribution in [0.2, 0.25) is 0 Å². The maximum atomic E-state index is 10.3. The fourth-order valence-corrected chi connectivity index (χ4v) is 1.56. The zero-order chi connectivity index (χ0) is 12.8. The second-order valence-corrected chi connectivity index (χ2v) is 3.69. The lowest BCUT2D eigenvalue weighted by atomic mass is 10.2. The number of hydrogen-bond acceptors (Lipinski definition) is 3. The molecule has 0 heterocycles. The van der Waals surface area contributed by atoms with Gasteiger partial charge in [-0.3, -0.25) is 4.79 Å². The van der Waals surface area contributed by atoms with E-state index in [0.717, 1.165) is 22.8 Å². The third-order valence-electron chi connectivity index (χ3n) is 2.49. The van der Waals surface area contributed by atoms with Crippen LogP contribution in [0, 0.1) is 0 Å². The lowest BCUT2D eigenvalue weighted by Gasteiger charge is -2.08. The van der Waals surface area contributed by atoms with E-state index >= 15 is 0 Å². The Morgan fingerprint density at radius 1 is 0.889 bits per heavy atom. The molecule has 2 aromatic carbocycles. The first-order valence-corrected chi connectivity index (χ1v) is 5.53. The summed E-state index contributed by atoms with van der Waals surface area (Å²) in [5.74, 6) is 0.825. The summed E-state index contributed by atoms with van der Waals surface area (Å²) >= 11 is 0. The predicted octanol–water partition coefficient (Wildman–Crippen LogP) is 3.01. The number of anilines is 3. The van der Waals surface area contributed by atoms with Crippen molar-refractivity contribution in [2.45, 2.75) is 0 Å². The van der Waals surface area contributed by atoms with Crippen molar-refractivity contribution in [1.82, 2.24) is 0 Å². The summed E-state index contributed by atoms with van der Waals surface area (Å²) in [5.41, 5.74) is 2.70. The number of rotatable bonds is 5. The molecule has 0 radical (unpaired) electrons. The number of ether oxygens (including phenoxy) is 1. The van der Waals surface area contributed by atoms with Gasteiger partial charge in [-0.2, -0.15) is 0 Å². The number of benzene rings is 2. The van der Waals surface area contributed by atoms with Gasteiger partial charge in [-0.05, 0) is 48.5 Å². The van der Waals surface area contributed by atoms with Gasteiger partial charge >= 0.3 is 0 Å². The quantitative estimate of drug-likeness (QED) is 0.792. The van der Waals surface area contributed by atoms with Gasteiger partial charge in [0.15, 0.2) is 0 Å². The van der Waals surface area contributed by atoms with Gasteiger partial charge in [-0.25, -0.2) is 0 Å². The summed E-state index contributed by atoms with van der Waals surface area (Å²) in [6.07, 6.45) is 0.659. The monoisotopic (exact) mass is 242 g/mol. The average molecular weight is 242 g/mol. The highest BCUT2D eigenvalue weighted by atomic mass is 16.5. The highest BCUT2D eigenvalue weighted by Crippen LogP contribution is 2.21. The van der Waals surface area contributed by atoms with Crippen LogP contribution in [0.5, 0.6) is 5.75 Å². The van der Waals surface area contributed by atoms with Crippen LogP contribution in [0.1, 0.15) is 0 Å². The standard InChI is InChI=1S/C14H14N2O2/c1-18-14-8-6-13(7-9-14)16-12-4-2-11(3-5-12)15-10-17/h2-10,16H,1H3,(H,15,17). The Kier molecular flexibility index (Phi) is 3.81. The Bertz CT molecular complexity index is 506. The minimum atomic E-state index is 0.659. The van der Waals surface area contributed by atoms with Gasteiger partial charge in [-0.1, -0.05) is 0 Å². The third-order valence-corrected chi connectivity index (χ3v) is 2.49. The molecule has 0 atom stereocenters. The van der Waals surface area contributed by atoms with Gasteiger partial charge in [0.05, 0.1) is 7.11 Å². The first-order chi connectivity index (χ1) is 8.81. The van der Waals surface area contributed by atoms with Crippen molar-refractivity contribution < 1.29 is 9.53 Å².